The fourth-order valence-electron chi connectivity index (χ4n) is 3.28. The van der Waals surface area contributed by atoms with Crippen LogP contribution in [0.2, 0.25) is 0 Å². The summed E-state index contributed by atoms with van der Waals surface area (Å²) in [5.74, 6) is 0. The molecular formula is C13H27N3. The number of nitrogens with one attached hydrogen (secondary N) is 1. The van der Waals surface area contributed by atoms with E-state index in [0.29, 0.717) is 0 Å². The van der Waals surface area contributed by atoms with Gasteiger partial charge in [-0.15, -0.1) is 0 Å². The van der Waals surface area contributed by atoms with Gasteiger partial charge in [-0.05, 0) is 52.9 Å². The first-order chi connectivity index (χ1) is 7.81. The van der Waals surface area contributed by atoms with Gasteiger partial charge in [-0.3, -0.25) is 0 Å². The van der Waals surface area contributed by atoms with Crippen molar-refractivity contribution in [3.05, 3.63) is 0 Å². The number of likely N-dealkylation sites (tertiary alicyclic amines) is 1. The van der Waals surface area contributed by atoms with Crippen LogP contribution in [0.5, 0.6) is 0 Å². The molecule has 2 rings (SSSR count). The maximum Gasteiger partial charge on any atom is 0.0246 e. The van der Waals surface area contributed by atoms with Gasteiger partial charge in [0, 0.05) is 25.2 Å². The van der Waals surface area contributed by atoms with Crippen molar-refractivity contribution in [2.45, 2.75) is 44.2 Å². The molecule has 94 valence electrons. The van der Waals surface area contributed by atoms with Crippen LogP contribution in [0.15, 0.2) is 0 Å². The standard InChI is InChI=1S/C13H27N3/c1-14-12-6-5-7-13(12)15(2)10-11-16-8-3-4-9-16/h12-14H,3-11H2,1-2H3. The van der Waals surface area contributed by atoms with E-state index in [0.717, 1.165) is 12.1 Å². The monoisotopic (exact) mass is 225 g/mol. The molecule has 2 fully saturated rings. The highest BCUT2D eigenvalue weighted by Crippen LogP contribution is 2.23. The summed E-state index contributed by atoms with van der Waals surface area (Å²) in [5.41, 5.74) is 0. The number of rotatable bonds is 5. The topological polar surface area (TPSA) is 18.5 Å². The van der Waals surface area contributed by atoms with Gasteiger partial charge in [0.2, 0.25) is 0 Å². The number of nitrogens with zero attached hydrogens (tertiary/aromatic N) is 2. The highest BCUT2D eigenvalue weighted by atomic mass is 15.2. The Hall–Kier alpha value is -0.120. The van der Waals surface area contributed by atoms with Crippen molar-refractivity contribution in [1.29, 1.82) is 0 Å². The minimum absolute atomic E-state index is 0.726. The lowest BCUT2D eigenvalue weighted by molar-refractivity contribution is 0.187. The molecule has 1 N–H and O–H groups in total. The lowest BCUT2D eigenvalue weighted by atomic mass is 10.1. The fourth-order valence-corrected chi connectivity index (χ4v) is 3.28. The zero-order valence-corrected chi connectivity index (χ0v) is 10.9. The maximum atomic E-state index is 3.47. The molecule has 0 aromatic heterocycles. The quantitative estimate of drug-likeness (QED) is 0.757. The largest absolute Gasteiger partial charge is 0.315 e. The van der Waals surface area contributed by atoms with Crippen LogP contribution in [-0.4, -0.2) is 62.2 Å². The van der Waals surface area contributed by atoms with Crippen LogP contribution in [0, 0.1) is 0 Å². The van der Waals surface area contributed by atoms with Gasteiger partial charge in [0.05, 0.1) is 0 Å². The Morgan fingerprint density at radius 1 is 1.19 bits per heavy atom. The van der Waals surface area contributed by atoms with Crippen molar-refractivity contribution in [1.82, 2.24) is 15.1 Å². The molecule has 0 amide bonds. The first-order valence-corrected chi connectivity index (χ1v) is 6.91. The molecule has 1 saturated carbocycles. The van der Waals surface area contributed by atoms with E-state index < -0.39 is 0 Å². The van der Waals surface area contributed by atoms with Crippen LogP contribution < -0.4 is 5.32 Å². The molecule has 2 aliphatic rings. The summed E-state index contributed by atoms with van der Waals surface area (Å²) < 4.78 is 0. The Bertz CT molecular complexity index is 201. The predicted molar refractivity (Wildman–Crippen MR) is 68.8 cm³/mol. The second-order valence-electron chi connectivity index (χ2n) is 5.42. The molecule has 2 atom stereocenters. The molecule has 1 aliphatic heterocycles. The molecule has 0 radical (unpaired) electrons. The Labute approximate surface area is 100 Å². The summed E-state index contributed by atoms with van der Waals surface area (Å²) in [5, 5.41) is 3.47. The second kappa shape index (κ2) is 5.99. The second-order valence-corrected chi connectivity index (χ2v) is 5.42. The van der Waals surface area contributed by atoms with E-state index in [4.69, 9.17) is 0 Å². The summed E-state index contributed by atoms with van der Waals surface area (Å²) in [4.78, 5) is 5.19. The summed E-state index contributed by atoms with van der Waals surface area (Å²) >= 11 is 0. The van der Waals surface area contributed by atoms with Crippen LogP contribution in [0.25, 0.3) is 0 Å². The van der Waals surface area contributed by atoms with Crippen LogP contribution >= 0.6 is 0 Å². The Balaban J connectivity index is 1.71. The van der Waals surface area contributed by atoms with E-state index in [-0.39, 0.29) is 0 Å². The van der Waals surface area contributed by atoms with Crippen molar-refractivity contribution in [2.75, 3.05) is 40.3 Å². The van der Waals surface area contributed by atoms with E-state index in [9.17, 15) is 0 Å². The first kappa shape index (κ1) is 12.3. The Morgan fingerprint density at radius 3 is 2.62 bits per heavy atom. The van der Waals surface area contributed by atoms with Crippen molar-refractivity contribution in [3.63, 3.8) is 0 Å². The molecule has 0 aromatic rings. The van der Waals surface area contributed by atoms with E-state index in [1.54, 1.807) is 0 Å². The third-order valence-electron chi connectivity index (χ3n) is 4.38. The Kier molecular flexibility index (Phi) is 4.62. The average molecular weight is 225 g/mol. The van der Waals surface area contributed by atoms with Crippen LogP contribution in [0.4, 0.5) is 0 Å². The van der Waals surface area contributed by atoms with Gasteiger partial charge in [-0.25, -0.2) is 0 Å². The van der Waals surface area contributed by atoms with E-state index in [2.05, 4.69) is 29.2 Å². The fraction of sp³-hybridized carbons (Fsp3) is 1.00. The van der Waals surface area contributed by atoms with Crippen LogP contribution in [0.3, 0.4) is 0 Å². The molecular weight excluding hydrogens is 198 g/mol. The molecule has 3 nitrogen and oxygen atoms in total. The zero-order valence-electron chi connectivity index (χ0n) is 10.9. The molecule has 2 unspecified atom stereocenters. The minimum Gasteiger partial charge on any atom is -0.315 e. The summed E-state index contributed by atoms with van der Waals surface area (Å²) in [6.45, 7) is 5.16. The van der Waals surface area contributed by atoms with Gasteiger partial charge in [0.25, 0.3) is 0 Å². The Morgan fingerprint density at radius 2 is 1.94 bits per heavy atom. The normalized spacial score (nSPS) is 31.7. The predicted octanol–water partition coefficient (Wildman–Crippen LogP) is 1.15. The molecule has 1 aliphatic carbocycles. The summed E-state index contributed by atoms with van der Waals surface area (Å²) in [6, 6.07) is 1.50. The van der Waals surface area contributed by atoms with Crippen LogP contribution in [0.1, 0.15) is 32.1 Å². The van der Waals surface area contributed by atoms with Gasteiger partial charge in [-0.1, -0.05) is 6.42 Å². The molecule has 0 spiro atoms. The highest BCUT2D eigenvalue weighted by molar-refractivity contribution is 4.88. The molecule has 0 bridgehead atoms. The number of likely N-dealkylation sites (N-methyl/N-ethyl adjacent to an activating group) is 2. The van der Waals surface area contributed by atoms with Crippen LogP contribution in [-0.2, 0) is 0 Å². The smallest absolute Gasteiger partial charge is 0.0246 e. The first-order valence-electron chi connectivity index (χ1n) is 6.91. The zero-order chi connectivity index (χ0) is 11.4. The van der Waals surface area contributed by atoms with Crippen molar-refractivity contribution >= 4 is 0 Å². The van der Waals surface area contributed by atoms with E-state index >= 15 is 0 Å². The van der Waals surface area contributed by atoms with Gasteiger partial charge in [0.15, 0.2) is 0 Å². The molecule has 1 saturated heterocycles. The van der Waals surface area contributed by atoms with Gasteiger partial charge >= 0.3 is 0 Å². The third-order valence-corrected chi connectivity index (χ3v) is 4.38. The SMILES string of the molecule is CNC1CCCC1N(C)CCN1CCCC1. The highest BCUT2D eigenvalue weighted by Gasteiger charge is 2.29. The van der Waals surface area contributed by atoms with Crippen molar-refractivity contribution < 1.29 is 0 Å². The van der Waals surface area contributed by atoms with Gasteiger partial charge in [0.1, 0.15) is 0 Å². The summed E-state index contributed by atoms with van der Waals surface area (Å²) in [7, 11) is 4.41. The van der Waals surface area contributed by atoms with E-state index in [1.807, 2.05) is 0 Å². The molecule has 16 heavy (non-hydrogen) atoms. The number of hydrogen-bond acceptors (Lipinski definition) is 3. The lowest BCUT2D eigenvalue weighted by Gasteiger charge is -2.30. The average Bonchev–Trinajstić information content (AvgIpc) is 2.96. The lowest BCUT2D eigenvalue weighted by Crippen LogP contribution is -2.46. The molecule has 1 heterocycles. The molecule has 3 heteroatoms. The minimum atomic E-state index is 0.726. The van der Waals surface area contributed by atoms with Gasteiger partial charge < -0.3 is 15.1 Å². The summed E-state index contributed by atoms with van der Waals surface area (Å²) in [6.07, 6.45) is 6.94. The van der Waals surface area contributed by atoms with E-state index in [1.165, 1.54) is 58.3 Å². The van der Waals surface area contributed by atoms with Crippen molar-refractivity contribution in [3.8, 4) is 0 Å². The van der Waals surface area contributed by atoms with Gasteiger partial charge in [-0.2, -0.15) is 0 Å². The number of hydrogen-bond donors (Lipinski definition) is 1. The third kappa shape index (κ3) is 2.96. The van der Waals surface area contributed by atoms with Crippen molar-refractivity contribution in [2.24, 2.45) is 0 Å². The maximum absolute atomic E-state index is 3.47. The molecule has 0 aromatic carbocycles.